The van der Waals surface area contributed by atoms with Crippen LogP contribution in [-0.2, 0) is 0 Å². The number of pyridine rings is 1. The van der Waals surface area contributed by atoms with Crippen LogP contribution in [0.2, 0.25) is 10.0 Å². The minimum absolute atomic E-state index is 0.0499. The summed E-state index contributed by atoms with van der Waals surface area (Å²) in [6.45, 7) is 1.51. The lowest BCUT2D eigenvalue weighted by Crippen LogP contribution is -2.42. The molecule has 1 spiro atoms. The molecular formula is C27H21Cl2F3N4O2S. The molecule has 1 saturated carbocycles. The minimum Gasteiger partial charge on any atom is -0.403 e. The average molecular weight is 593 g/mol. The van der Waals surface area contributed by atoms with Gasteiger partial charge in [0.1, 0.15) is 17.0 Å². The van der Waals surface area contributed by atoms with Crippen molar-refractivity contribution in [3.8, 4) is 17.0 Å². The van der Waals surface area contributed by atoms with Crippen molar-refractivity contribution < 1.29 is 22.4 Å². The first kappa shape index (κ1) is 25.2. The number of halogens is 5. The Bertz CT molecular complexity index is 1600. The van der Waals surface area contributed by atoms with E-state index in [0.717, 1.165) is 56.5 Å². The number of hydrogen-bond donors (Lipinski definition) is 0. The van der Waals surface area contributed by atoms with Gasteiger partial charge in [0.15, 0.2) is 10.9 Å². The second kappa shape index (κ2) is 9.11. The number of piperidine rings is 1. The third kappa shape index (κ3) is 4.56. The summed E-state index contributed by atoms with van der Waals surface area (Å²) >= 11 is 14.3. The van der Waals surface area contributed by atoms with Crippen LogP contribution in [0.5, 0.6) is 5.75 Å². The molecule has 39 heavy (non-hydrogen) atoms. The number of nitrogens with zero attached hydrogens (tertiary/aromatic N) is 4. The lowest BCUT2D eigenvalue weighted by Gasteiger charge is -2.46. The normalized spacial score (nSPS) is 18.9. The predicted molar refractivity (Wildman–Crippen MR) is 145 cm³/mol. The number of benzene rings is 1. The van der Waals surface area contributed by atoms with E-state index in [9.17, 15) is 13.2 Å². The maximum atomic E-state index is 12.8. The Balaban J connectivity index is 1.13. The summed E-state index contributed by atoms with van der Waals surface area (Å²) in [4.78, 5) is 10.7. The molecule has 0 atom stereocenters. The standard InChI is InChI=1S/C27H21Cl2F3N4O2S/c28-16-12-33-13-17(29)21(16)23-20(24(38-35-23)14-4-5-14)15-10-26(11-15)6-8-36(9-7-26)25-34-22-18(37-27(30,31)32)2-1-3-19(22)39-25/h1-3,10,12-14H,4-9,11H2. The van der Waals surface area contributed by atoms with Gasteiger partial charge in [-0.05, 0) is 55.2 Å². The predicted octanol–water partition coefficient (Wildman–Crippen LogP) is 8.50. The zero-order valence-electron chi connectivity index (χ0n) is 20.4. The van der Waals surface area contributed by atoms with Gasteiger partial charge in [0, 0.05) is 42.5 Å². The summed E-state index contributed by atoms with van der Waals surface area (Å²) in [5.41, 5.74) is 3.79. The van der Waals surface area contributed by atoms with Crippen LogP contribution in [0.3, 0.4) is 0 Å². The fourth-order valence-electron chi connectivity index (χ4n) is 5.64. The van der Waals surface area contributed by atoms with Crippen LogP contribution in [-0.4, -0.2) is 34.6 Å². The molecule has 0 bridgehead atoms. The summed E-state index contributed by atoms with van der Waals surface area (Å²) in [6.07, 6.45) is 5.55. The molecule has 0 N–H and O–H groups in total. The van der Waals surface area contributed by atoms with Crippen molar-refractivity contribution in [3.05, 3.63) is 58.0 Å². The molecule has 202 valence electrons. The Kier molecular flexibility index (Phi) is 5.88. The lowest BCUT2D eigenvalue weighted by atomic mass is 9.63. The van der Waals surface area contributed by atoms with Crippen molar-refractivity contribution >= 4 is 55.5 Å². The monoisotopic (exact) mass is 592 g/mol. The molecule has 1 aliphatic heterocycles. The Morgan fingerprint density at radius 1 is 1.08 bits per heavy atom. The second-order valence-corrected chi connectivity index (χ2v) is 12.2. The van der Waals surface area contributed by atoms with E-state index in [1.807, 2.05) is 0 Å². The highest BCUT2D eigenvalue weighted by Gasteiger charge is 2.44. The van der Waals surface area contributed by atoms with E-state index in [1.165, 1.54) is 23.0 Å². The Morgan fingerprint density at radius 3 is 2.46 bits per heavy atom. The largest absolute Gasteiger partial charge is 0.573 e. The smallest absolute Gasteiger partial charge is 0.403 e. The number of para-hydroxylation sites is 1. The summed E-state index contributed by atoms with van der Waals surface area (Å²) in [5, 5.41) is 5.97. The number of ether oxygens (including phenoxy) is 1. The van der Waals surface area contributed by atoms with Gasteiger partial charge in [-0.2, -0.15) is 0 Å². The van der Waals surface area contributed by atoms with E-state index in [0.29, 0.717) is 37.1 Å². The van der Waals surface area contributed by atoms with Crippen LogP contribution < -0.4 is 9.64 Å². The van der Waals surface area contributed by atoms with Crippen molar-refractivity contribution in [2.24, 2.45) is 5.41 Å². The van der Waals surface area contributed by atoms with Crippen molar-refractivity contribution in [1.82, 2.24) is 15.1 Å². The highest BCUT2D eigenvalue weighted by Crippen LogP contribution is 2.56. The van der Waals surface area contributed by atoms with Gasteiger partial charge in [-0.3, -0.25) is 4.98 Å². The summed E-state index contributed by atoms with van der Waals surface area (Å²) < 4.78 is 49.2. The van der Waals surface area contributed by atoms with Gasteiger partial charge in [0.2, 0.25) is 0 Å². The van der Waals surface area contributed by atoms with Crippen molar-refractivity contribution in [1.29, 1.82) is 0 Å². The Labute approximate surface area is 235 Å². The molecule has 2 aliphatic carbocycles. The van der Waals surface area contributed by atoms with Gasteiger partial charge in [0.25, 0.3) is 0 Å². The van der Waals surface area contributed by atoms with E-state index < -0.39 is 6.36 Å². The fraction of sp³-hybridized carbons (Fsp3) is 0.370. The van der Waals surface area contributed by atoms with Gasteiger partial charge in [-0.25, -0.2) is 4.98 Å². The molecular weight excluding hydrogens is 572 g/mol. The quantitative estimate of drug-likeness (QED) is 0.231. The van der Waals surface area contributed by atoms with Gasteiger partial charge < -0.3 is 14.2 Å². The van der Waals surface area contributed by atoms with Crippen molar-refractivity contribution in [3.63, 3.8) is 0 Å². The molecule has 0 unspecified atom stereocenters. The van der Waals surface area contributed by atoms with E-state index in [1.54, 1.807) is 24.5 Å². The molecule has 3 aromatic heterocycles. The number of thiazole rings is 1. The second-order valence-electron chi connectivity index (χ2n) is 10.4. The molecule has 0 amide bonds. The van der Waals surface area contributed by atoms with Crippen molar-refractivity contribution in [2.75, 3.05) is 18.0 Å². The topological polar surface area (TPSA) is 64.3 Å². The number of anilines is 1. The summed E-state index contributed by atoms with van der Waals surface area (Å²) in [5.74, 6) is 0.997. The zero-order valence-corrected chi connectivity index (χ0v) is 22.7. The number of rotatable bonds is 5. The number of allylic oxidation sites excluding steroid dienone is 2. The third-order valence-corrected chi connectivity index (χ3v) is 9.38. The Morgan fingerprint density at radius 2 is 1.79 bits per heavy atom. The number of alkyl halides is 3. The van der Waals surface area contributed by atoms with E-state index in [-0.39, 0.29) is 16.7 Å². The first-order valence-electron chi connectivity index (χ1n) is 12.6. The van der Waals surface area contributed by atoms with E-state index in [2.05, 4.69) is 30.8 Å². The molecule has 1 aromatic carbocycles. The molecule has 0 radical (unpaired) electrons. The molecule has 2 fully saturated rings. The fourth-order valence-corrected chi connectivity index (χ4v) is 7.22. The van der Waals surface area contributed by atoms with E-state index >= 15 is 0 Å². The van der Waals surface area contributed by atoms with Crippen LogP contribution in [0.1, 0.15) is 49.3 Å². The number of hydrogen-bond acceptors (Lipinski definition) is 7. The SMILES string of the molecule is FC(F)(F)Oc1cccc2sc(N3CCC4(C=C(c5c(-c6c(Cl)cncc6Cl)noc5C5CC5)C4)CC3)nc12. The molecule has 1 saturated heterocycles. The van der Waals surface area contributed by atoms with Crippen LogP contribution in [0.4, 0.5) is 18.3 Å². The van der Waals surface area contributed by atoms with Gasteiger partial charge >= 0.3 is 6.36 Å². The number of aromatic nitrogens is 3. The van der Waals surface area contributed by atoms with Gasteiger partial charge in [-0.15, -0.1) is 13.2 Å². The van der Waals surface area contributed by atoms with Crippen LogP contribution in [0.15, 0.2) is 41.2 Å². The molecule has 3 aliphatic rings. The van der Waals surface area contributed by atoms with Gasteiger partial charge in [-0.1, -0.05) is 51.8 Å². The van der Waals surface area contributed by atoms with Gasteiger partial charge in [0.05, 0.1) is 14.7 Å². The lowest BCUT2D eigenvalue weighted by molar-refractivity contribution is -0.274. The molecule has 6 nitrogen and oxygen atoms in total. The molecule has 12 heteroatoms. The maximum Gasteiger partial charge on any atom is 0.573 e. The first-order valence-corrected chi connectivity index (χ1v) is 14.2. The highest BCUT2D eigenvalue weighted by atomic mass is 35.5. The first-order chi connectivity index (χ1) is 18.7. The van der Waals surface area contributed by atoms with Crippen molar-refractivity contribution in [2.45, 2.75) is 44.4 Å². The summed E-state index contributed by atoms with van der Waals surface area (Å²) in [6, 6.07) is 4.62. The maximum absolute atomic E-state index is 12.8. The third-order valence-electron chi connectivity index (χ3n) is 7.73. The summed E-state index contributed by atoms with van der Waals surface area (Å²) in [7, 11) is 0. The zero-order chi connectivity index (χ0) is 26.9. The molecule has 7 rings (SSSR count). The minimum atomic E-state index is -4.76. The molecule has 4 aromatic rings. The highest BCUT2D eigenvalue weighted by molar-refractivity contribution is 7.22. The van der Waals surface area contributed by atoms with E-state index in [4.69, 9.17) is 27.7 Å². The number of fused-ring (bicyclic) bond motifs is 1. The van der Waals surface area contributed by atoms with Crippen LogP contribution >= 0.6 is 34.5 Å². The van der Waals surface area contributed by atoms with Crippen LogP contribution in [0, 0.1) is 5.41 Å². The van der Waals surface area contributed by atoms with Crippen LogP contribution in [0.25, 0.3) is 27.0 Å². The Hall–Kier alpha value is -2.82. The molecule has 4 heterocycles. The average Bonchev–Trinajstić information content (AvgIpc) is 3.47.